The van der Waals surface area contributed by atoms with Gasteiger partial charge in [0, 0.05) is 12.0 Å². The molecule has 1 aliphatic rings. The van der Waals surface area contributed by atoms with Gasteiger partial charge in [-0.25, -0.2) is 0 Å². The summed E-state index contributed by atoms with van der Waals surface area (Å²) in [5, 5.41) is 3.42. The van der Waals surface area contributed by atoms with E-state index in [4.69, 9.17) is 4.74 Å². The maximum atomic E-state index is 6.04. The van der Waals surface area contributed by atoms with Gasteiger partial charge in [-0.1, -0.05) is 55.8 Å². The van der Waals surface area contributed by atoms with Crippen LogP contribution in [0.1, 0.15) is 43.2 Å². The Morgan fingerprint density at radius 3 is 2.44 bits per heavy atom. The van der Waals surface area contributed by atoms with Crippen LogP contribution in [-0.4, -0.2) is 19.7 Å². The van der Waals surface area contributed by atoms with Gasteiger partial charge in [0.1, 0.15) is 5.75 Å². The third-order valence-electron chi connectivity index (χ3n) is 5.33. The summed E-state index contributed by atoms with van der Waals surface area (Å²) in [5.74, 6) is 2.16. The van der Waals surface area contributed by atoms with E-state index in [1.54, 1.807) is 0 Å². The Hall–Kier alpha value is -1.51. The average molecular weight is 360 g/mol. The molecule has 3 atom stereocenters. The Labute approximate surface area is 158 Å². The lowest BCUT2D eigenvalue weighted by molar-refractivity contribution is 0.229. The zero-order valence-corrected chi connectivity index (χ0v) is 16.1. The van der Waals surface area contributed by atoms with Crippen molar-refractivity contribution < 1.29 is 4.74 Å². The Morgan fingerprint density at radius 1 is 1.04 bits per heavy atom. The molecule has 2 aromatic carbocycles. The number of rotatable bonds is 7. The minimum atomic E-state index is 0. The normalized spacial score (nSPS) is 20.7. The van der Waals surface area contributed by atoms with Crippen molar-refractivity contribution >= 4 is 12.4 Å². The van der Waals surface area contributed by atoms with Gasteiger partial charge in [-0.15, -0.1) is 12.4 Å². The van der Waals surface area contributed by atoms with E-state index in [9.17, 15) is 0 Å². The Kier molecular flexibility index (Phi) is 7.80. The Bertz CT molecular complexity index is 614. The predicted octanol–water partition coefficient (Wildman–Crippen LogP) is 5.22. The van der Waals surface area contributed by atoms with Crippen molar-refractivity contribution in [2.75, 3.05) is 13.7 Å². The first-order chi connectivity index (χ1) is 11.8. The molecule has 0 aromatic heterocycles. The number of ether oxygens (including phenoxy) is 1. The zero-order chi connectivity index (χ0) is 16.8. The van der Waals surface area contributed by atoms with E-state index in [-0.39, 0.29) is 12.4 Å². The maximum absolute atomic E-state index is 6.04. The lowest BCUT2D eigenvalue weighted by atomic mass is 9.94. The molecular formula is C22H30ClNO. The summed E-state index contributed by atoms with van der Waals surface area (Å²) in [6.45, 7) is 3.11. The number of hydrogen-bond donors (Lipinski definition) is 1. The fourth-order valence-electron chi connectivity index (χ4n) is 3.80. The van der Waals surface area contributed by atoms with E-state index in [1.807, 2.05) is 0 Å². The molecule has 1 aliphatic carbocycles. The molecule has 1 N–H and O–H groups in total. The van der Waals surface area contributed by atoms with Crippen molar-refractivity contribution in [3.05, 3.63) is 65.7 Å². The molecule has 2 nitrogen and oxygen atoms in total. The first kappa shape index (κ1) is 19.8. The summed E-state index contributed by atoms with van der Waals surface area (Å²) < 4.78 is 6.04. The van der Waals surface area contributed by atoms with Crippen LogP contribution in [0, 0.1) is 5.92 Å². The minimum absolute atomic E-state index is 0. The summed E-state index contributed by atoms with van der Waals surface area (Å²) in [4.78, 5) is 0. The van der Waals surface area contributed by atoms with Crippen LogP contribution in [0.15, 0.2) is 54.6 Å². The first-order valence-electron chi connectivity index (χ1n) is 9.20. The molecule has 136 valence electrons. The van der Waals surface area contributed by atoms with Gasteiger partial charge < -0.3 is 10.1 Å². The molecule has 0 saturated heterocycles. The van der Waals surface area contributed by atoms with E-state index >= 15 is 0 Å². The number of hydrogen-bond acceptors (Lipinski definition) is 2. The molecule has 0 spiro atoms. The van der Waals surface area contributed by atoms with Gasteiger partial charge in [0.2, 0.25) is 0 Å². The molecular weight excluding hydrogens is 330 g/mol. The molecule has 0 bridgehead atoms. The highest BCUT2D eigenvalue weighted by molar-refractivity contribution is 5.85. The van der Waals surface area contributed by atoms with E-state index in [0.29, 0.717) is 17.9 Å². The van der Waals surface area contributed by atoms with Crippen molar-refractivity contribution in [1.82, 2.24) is 5.32 Å². The van der Waals surface area contributed by atoms with Crippen molar-refractivity contribution in [1.29, 1.82) is 0 Å². The molecule has 1 saturated carbocycles. The van der Waals surface area contributed by atoms with Gasteiger partial charge in [0.05, 0.1) is 6.61 Å². The lowest BCUT2D eigenvalue weighted by Gasteiger charge is -2.19. The van der Waals surface area contributed by atoms with E-state index in [2.05, 4.69) is 73.9 Å². The van der Waals surface area contributed by atoms with Gasteiger partial charge in [0.25, 0.3) is 0 Å². The molecule has 0 aliphatic heterocycles. The second-order valence-corrected chi connectivity index (χ2v) is 7.06. The standard InChI is InChI=1S/C22H29NO.ClH/c1-17(15-18-7-4-3-5-8-18)19-11-13-21(14-12-19)24-16-20-9-6-10-22(20)23-2;/h3-5,7-8,11-14,17,20,22-23H,6,9-10,15-16H2,1-2H3;1H. The van der Waals surface area contributed by atoms with Crippen molar-refractivity contribution in [2.45, 2.75) is 44.6 Å². The van der Waals surface area contributed by atoms with Gasteiger partial charge >= 0.3 is 0 Å². The molecule has 3 rings (SSSR count). The zero-order valence-electron chi connectivity index (χ0n) is 15.3. The summed E-state index contributed by atoms with van der Waals surface area (Å²) in [6, 6.07) is 20.0. The lowest BCUT2D eigenvalue weighted by Crippen LogP contribution is -2.32. The molecule has 0 radical (unpaired) electrons. The van der Waals surface area contributed by atoms with Gasteiger partial charge in [-0.3, -0.25) is 0 Å². The largest absolute Gasteiger partial charge is 0.493 e. The van der Waals surface area contributed by atoms with Gasteiger partial charge in [-0.05, 0) is 55.5 Å². The first-order valence-corrected chi connectivity index (χ1v) is 9.20. The second kappa shape index (κ2) is 9.84. The fourth-order valence-corrected chi connectivity index (χ4v) is 3.80. The van der Waals surface area contributed by atoms with Crippen LogP contribution in [0.3, 0.4) is 0 Å². The summed E-state index contributed by atoms with van der Waals surface area (Å²) >= 11 is 0. The number of nitrogens with one attached hydrogen (secondary N) is 1. The molecule has 3 unspecified atom stereocenters. The van der Waals surface area contributed by atoms with Crippen LogP contribution in [0.4, 0.5) is 0 Å². The monoisotopic (exact) mass is 359 g/mol. The molecule has 25 heavy (non-hydrogen) atoms. The molecule has 1 fully saturated rings. The topological polar surface area (TPSA) is 21.3 Å². The van der Waals surface area contributed by atoms with Crippen LogP contribution < -0.4 is 10.1 Å². The highest BCUT2D eigenvalue weighted by Crippen LogP contribution is 2.27. The fraction of sp³-hybridized carbons (Fsp3) is 0.455. The van der Waals surface area contributed by atoms with E-state index in [0.717, 1.165) is 18.8 Å². The van der Waals surface area contributed by atoms with Crippen molar-refractivity contribution in [3.8, 4) is 5.75 Å². The number of halogens is 1. The third kappa shape index (κ3) is 5.49. The second-order valence-electron chi connectivity index (χ2n) is 7.06. The van der Waals surface area contributed by atoms with E-state index in [1.165, 1.54) is 30.4 Å². The quantitative estimate of drug-likeness (QED) is 0.731. The summed E-state index contributed by atoms with van der Waals surface area (Å²) in [5.41, 5.74) is 2.77. The average Bonchev–Trinajstić information content (AvgIpc) is 3.09. The smallest absolute Gasteiger partial charge is 0.119 e. The Balaban J connectivity index is 0.00000225. The number of benzene rings is 2. The highest BCUT2D eigenvalue weighted by Gasteiger charge is 2.26. The highest BCUT2D eigenvalue weighted by atomic mass is 35.5. The van der Waals surface area contributed by atoms with Crippen LogP contribution in [0.2, 0.25) is 0 Å². The predicted molar refractivity (Wildman–Crippen MR) is 108 cm³/mol. The molecule has 0 amide bonds. The summed E-state index contributed by atoms with van der Waals surface area (Å²) in [6.07, 6.45) is 4.95. The molecule has 0 heterocycles. The Morgan fingerprint density at radius 2 is 1.76 bits per heavy atom. The van der Waals surface area contributed by atoms with Crippen LogP contribution >= 0.6 is 12.4 Å². The molecule has 2 aromatic rings. The van der Waals surface area contributed by atoms with Gasteiger partial charge in [-0.2, -0.15) is 0 Å². The summed E-state index contributed by atoms with van der Waals surface area (Å²) in [7, 11) is 2.06. The third-order valence-corrected chi connectivity index (χ3v) is 5.33. The maximum Gasteiger partial charge on any atom is 0.119 e. The minimum Gasteiger partial charge on any atom is -0.493 e. The van der Waals surface area contributed by atoms with E-state index < -0.39 is 0 Å². The van der Waals surface area contributed by atoms with Gasteiger partial charge in [0.15, 0.2) is 0 Å². The van der Waals surface area contributed by atoms with Crippen LogP contribution in [0.25, 0.3) is 0 Å². The molecule has 3 heteroatoms. The van der Waals surface area contributed by atoms with Crippen molar-refractivity contribution in [3.63, 3.8) is 0 Å². The SMILES string of the molecule is CNC1CCCC1COc1ccc(C(C)Cc2ccccc2)cc1.Cl. The van der Waals surface area contributed by atoms with Crippen LogP contribution in [-0.2, 0) is 6.42 Å². The van der Waals surface area contributed by atoms with Crippen LogP contribution in [0.5, 0.6) is 5.75 Å². The van der Waals surface area contributed by atoms with Crippen molar-refractivity contribution in [2.24, 2.45) is 5.92 Å².